The number of hydrogen-bond acceptors (Lipinski definition) is 7. The molecule has 1 aromatic heterocycles. The molecule has 0 amide bonds. The molecule has 29 heavy (non-hydrogen) atoms. The Morgan fingerprint density at radius 3 is 2.59 bits per heavy atom. The van der Waals surface area contributed by atoms with E-state index in [9.17, 15) is 22.9 Å². The second kappa shape index (κ2) is 8.04. The van der Waals surface area contributed by atoms with Crippen LogP contribution in [0.3, 0.4) is 0 Å². The molecule has 0 radical (unpaired) electrons. The van der Waals surface area contributed by atoms with E-state index < -0.39 is 25.6 Å². The smallest absolute Gasteiger partial charge is 0.263 e. The molecule has 0 atom stereocenters. The average molecular weight is 411 g/mol. The number of aromatic nitrogens is 2. The number of hydrazone groups is 1. The Morgan fingerprint density at radius 1 is 1.24 bits per heavy atom. The molecule has 0 aliphatic heterocycles. The molecule has 0 aliphatic carbocycles. The van der Waals surface area contributed by atoms with Gasteiger partial charge in [-0.05, 0) is 48.9 Å². The average Bonchev–Trinajstić information content (AvgIpc) is 3.25. The molecular formula is C19H14FN5O3S. The number of benzene rings is 2. The Kier molecular flexibility index (Phi) is 5.52. The predicted octanol–water partition coefficient (Wildman–Crippen LogP) is 2.74. The van der Waals surface area contributed by atoms with Gasteiger partial charge in [0.15, 0.2) is 0 Å². The summed E-state index contributed by atoms with van der Waals surface area (Å²) in [7, 11) is -4.44. The van der Waals surface area contributed by atoms with E-state index in [-0.39, 0.29) is 5.91 Å². The number of sulfone groups is 1. The Balaban J connectivity index is 1.83. The van der Waals surface area contributed by atoms with E-state index in [1.54, 1.807) is 6.92 Å². The van der Waals surface area contributed by atoms with Crippen LogP contribution >= 0.6 is 0 Å². The number of hydrogen-bond donors (Lipinski definition) is 1. The molecule has 2 aromatic carbocycles. The molecule has 3 aromatic rings. The molecule has 1 N–H and O–H groups in total. The Bertz CT molecular complexity index is 1230. The lowest BCUT2D eigenvalue weighted by molar-refractivity contribution is 0.0960. The summed E-state index contributed by atoms with van der Waals surface area (Å²) < 4.78 is 40.4. The molecular weight excluding hydrogens is 397 g/mol. The molecule has 10 heteroatoms. The molecule has 3 rings (SSSR count). The van der Waals surface area contributed by atoms with Crippen molar-refractivity contribution < 1.29 is 17.6 Å². The van der Waals surface area contributed by atoms with E-state index in [0.717, 1.165) is 12.1 Å². The second-order valence-corrected chi connectivity index (χ2v) is 7.76. The van der Waals surface area contributed by atoms with E-state index in [1.165, 1.54) is 59.7 Å². The van der Waals surface area contributed by atoms with Crippen LogP contribution < -0.4 is 5.43 Å². The standard InChI is InChI=1S/C19H14FN5O3S/c1-13-2-7-16(20)17(10-13)29(27,28)18(11-21)24-23-15-5-3-14(4-6-15)19(26)25-9-8-22-12-25/h2-10,12,23H,1H3/b24-18+. The molecule has 0 saturated carbocycles. The lowest BCUT2D eigenvalue weighted by atomic mass is 10.2. The predicted molar refractivity (Wildman–Crippen MR) is 103 cm³/mol. The van der Waals surface area contributed by atoms with Gasteiger partial charge in [0.25, 0.3) is 11.0 Å². The number of carbonyl (C=O) groups is 1. The summed E-state index contributed by atoms with van der Waals surface area (Å²) in [5.74, 6) is -1.27. The van der Waals surface area contributed by atoms with E-state index >= 15 is 0 Å². The van der Waals surface area contributed by atoms with Gasteiger partial charge in [0.05, 0.1) is 5.69 Å². The van der Waals surface area contributed by atoms with Crippen LogP contribution in [-0.2, 0) is 9.84 Å². The lowest BCUT2D eigenvalue weighted by Gasteiger charge is -2.06. The fourth-order valence-corrected chi connectivity index (χ4v) is 3.56. The van der Waals surface area contributed by atoms with E-state index in [4.69, 9.17) is 0 Å². The third-order valence-corrected chi connectivity index (χ3v) is 5.47. The highest BCUT2D eigenvalue weighted by atomic mass is 32.2. The highest BCUT2D eigenvalue weighted by Gasteiger charge is 2.26. The number of rotatable bonds is 4. The third-order valence-electron chi connectivity index (χ3n) is 3.88. The number of aryl methyl sites for hydroxylation is 1. The van der Waals surface area contributed by atoms with Gasteiger partial charge in [-0.3, -0.25) is 14.8 Å². The molecule has 0 aliphatic rings. The summed E-state index contributed by atoms with van der Waals surface area (Å²) in [5.41, 5.74) is 3.66. The fraction of sp³-hybridized carbons (Fsp3) is 0.0526. The van der Waals surface area contributed by atoms with Crippen molar-refractivity contribution in [2.24, 2.45) is 5.10 Å². The number of anilines is 1. The van der Waals surface area contributed by atoms with Crippen molar-refractivity contribution in [2.75, 3.05) is 5.43 Å². The Labute approximate surface area is 165 Å². The molecule has 8 nitrogen and oxygen atoms in total. The minimum absolute atomic E-state index is 0.298. The Hall–Kier alpha value is -3.84. The van der Waals surface area contributed by atoms with Crippen molar-refractivity contribution in [3.8, 4) is 6.07 Å². The number of halogens is 1. The minimum Gasteiger partial charge on any atom is -0.277 e. The number of nitrogens with zero attached hydrogens (tertiary/aromatic N) is 4. The Morgan fingerprint density at radius 2 is 1.97 bits per heavy atom. The van der Waals surface area contributed by atoms with Gasteiger partial charge in [0.1, 0.15) is 23.1 Å². The normalized spacial score (nSPS) is 11.7. The van der Waals surface area contributed by atoms with Crippen LogP contribution in [0.1, 0.15) is 15.9 Å². The van der Waals surface area contributed by atoms with Gasteiger partial charge < -0.3 is 0 Å². The highest BCUT2D eigenvalue weighted by molar-refractivity contribution is 8.07. The van der Waals surface area contributed by atoms with Gasteiger partial charge in [-0.2, -0.15) is 10.4 Å². The molecule has 0 spiro atoms. The summed E-state index contributed by atoms with van der Waals surface area (Å²) in [5, 5.41) is 11.9. The van der Waals surface area contributed by atoms with E-state index in [2.05, 4.69) is 15.5 Å². The largest absolute Gasteiger partial charge is 0.277 e. The summed E-state index contributed by atoms with van der Waals surface area (Å²) in [6.45, 7) is 1.60. The second-order valence-electron chi connectivity index (χ2n) is 5.93. The van der Waals surface area contributed by atoms with Gasteiger partial charge in [0.2, 0.25) is 9.84 Å². The SMILES string of the molecule is Cc1ccc(F)c(S(=O)(=O)/C(C#N)=N/Nc2ccc(C(=O)n3ccnc3)cc2)c1. The minimum atomic E-state index is -4.44. The van der Waals surface area contributed by atoms with Crippen molar-refractivity contribution in [3.63, 3.8) is 0 Å². The maximum absolute atomic E-state index is 14.0. The van der Waals surface area contributed by atoms with Crippen LogP contribution in [0.2, 0.25) is 0 Å². The van der Waals surface area contributed by atoms with Crippen LogP contribution in [0, 0.1) is 24.1 Å². The van der Waals surface area contributed by atoms with Gasteiger partial charge in [-0.1, -0.05) is 6.07 Å². The van der Waals surface area contributed by atoms with Crippen LogP contribution in [-0.4, -0.2) is 28.9 Å². The van der Waals surface area contributed by atoms with Crippen molar-refractivity contribution in [2.45, 2.75) is 11.8 Å². The third kappa shape index (κ3) is 4.20. The van der Waals surface area contributed by atoms with Crippen LogP contribution in [0.15, 0.2) is 71.2 Å². The molecule has 0 saturated heterocycles. The molecule has 1 heterocycles. The summed E-state index contributed by atoms with van der Waals surface area (Å²) in [6.07, 6.45) is 4.35. The summed E-state index contributed by atoms with van der Waals surface area (Å²) in [4.78, 5) is 15.4. The maximum Gasteiger partial charge on any atom is 0.263 e. The van der Waals surface area contributed by atoms with Gasteiger partial charge in [0, 0.05) is 18.0 Å². The lowest BCUT2D eigenvalue weighted by Crippen LogP contribution is -2.16. The van der Waals surface area contributed by atoms with Crippen molar-refractivity contribution >= 4 is 26.5 Å². The van der Waals surface area contributed by atoms with Crippen LogP contribution in [0.4, 0.5) is 10.1 Å². The first-order valence-corrected chi connectivity index (χ1v) is 9.69. The summed E-state index contributed by atoms with van der Waals surface area (Å²) >= 11 is 0. The molecule has 0 bridgehead atoms. The number of carbonyl (C=O) groups excluding carboxylic acids is 1. The van der Waals surface area contributed by atoms with Crippen molar-refractivity contribution in [1.82, 2.24) is 9.55 Å². The van der Waals surface area contributed by atoms with Crippen molar-refractivity contribution in [1.29, 1.82) is 5.26 Å². The quantitative estimate of drug-likeness (QED) is 0.401. The zero-order valence-corrected chi connectivity index (χ0v) is 15.9. The highest BCUT2D eigenvalue weighted by Crippen LogP contribution is 2.19. The van der Waals surface area contributed by atoms with E-state index in [0.29, 0.717) is 16.8 Å². The molecule has 0 fully saturated rings. The van der Waals surface area contributed by atoms with Gasteiger partial charge >= 0.3 is 0 Å². The monoisotopic (exact) mass is 411 g/mol. The number of nitrogens with one attached hydrogen (secondary N) is 1. The fourth-order valence-electron chi connectivity index (χ4n) is 2.40. The zero-order valence-electron chi connectivity index (χ0n) is 15.1. The van der Waals surface area contributed by atoms with E-state index in [1.807, 2.05) is 0 Å². The van der Waals surface area contributed by atoms with Crippen molar-refractivity contribution in [3.05, 3.63) is 78.1 Å². The van der Waals surface area contributed by atoms with Gasteiger partial charge in [-0.15, -0.1) is 0 Å². The van der Waals surface area contributed by atoms with Gasteiger partial charge in [-0.25, -0.2) is 17.8 Å². The first kappa shape index (κ1) is 19.9. The number of imidazole rings is 1. The maximum atomic E-state index is 14.0. The zero-order chi connectivity index (χ0) is 21.0. The first-order valence-electron chi connectivity index (χ1n) is 8.20. The summed E-state index contributed by atoms with van der Waals surface area (Å²) in [6, 6.07) is 11.0. The topological polar surface area (TPSA) is 117 Å². The first-order chi connectivity index (χ1) is 13.8. The number of nitriles is 1. The molecule has 146 valence electrons. The van der Waals surface area contributed by atoms with Crippen LogP contribution in [0.5, 0.6) is 0 Å². The van der Waals surface area contributed by atoms with Crippen LogP contribution in [0.25, 0.3) is 0 Å². The molecule has 0 unspecified atom stereocenters.